The fourth-order valence-corrected chi connectivity index (χ4v) is 3.25. The van der Waals surface area contributed by atoms with Gasteiger partial charge in [-0.25, -0.2) is 9.59 Å². The summed E-state index contributed by atoms with van der Waals surface area (Å²) in [5, 5.41) is 6.40. The number of nitrogens with one attached hydrogen (secondary N) is 1. The maximum Gasteiger partial charge on any atom is 0.338 e. The summed E-state index contributed by atoms with van der Waals surface area (Å²) >= 11 is 0. The summed E-state index contributed by atoms with van der Waals surface area (Å²) < 4.78 is 10.5. The number of benzene rings is 2. The number of rotatable bonds is 7. The van der Waals surface area contributed by atoms with Crippen LogP contribution in [0.4, 0.5) is 4.79 Å². The number of nitrogens with zero attached hydrogens (tertiary/aromatic N) is 3. The molecule has 0 aliphatic carbocycles. The highest BCUT2D eigenvalue weighted by Crippen LogP contribution is 2.21. The van der Waals surface area contributed by atoms with Gasteiger partial charge >= 0.3 is 12.0 Å². The number of urea groups is 1. The minimum absolute atomic E-state index is 0.0192. The zero-order valence-corrected chi connectivity index (χ0v) is 17.7. The van der Waals surface area contributed by atoms with E-state index in [2.05, 4.69) is 29.3 Å². The van der Waals surface area contributed by atoms with Crippen molar-refractivity contribution < 1.29 is 23.6 Å². The van der Waals surface area contributed by atoms with Gasteiger partial charge in [0.05, 0.1) is 18.7 Å². The molecule has 0 bridgehead atoms. The van der Waals surface area contributed by atoms with E-state index in [-0.39, 0.29) is 31.5 Å². The van der Waals surface area contributed by atoms with Crippen LogP contribution in [-0.4, -0.2) is 39.5 Å². The van der Waals surface area contributed by atoms with Gasteiger partial charge < -0.3 is 14.6 Å². The molecule has 4 rings (SSSR count). The molecular formula is C23H22N4O5. The molecule has 0 saturated carbocycles. The van der Waals surface area contributed by atoms with Crippen LogP contribution in [0.2, 0.25) is 0 Å². The van der Waals surface area contributed by atoms with E-state index in [1.165, 1.54) is 5.56 Å². The summed E-state index contributed by atoms with van der Waals surface area (Å²) in [6.07, 6.45) is 0. The fourth-order valence-electron chi connectivity index (χ4n) is 3.25. The molecule has 1 fully saturated rings. The number of esters is 1. The third kappa shape index (κ3) is 4.66. The van der Waals surface area contributed by atoms with Crippen molar-refractivity contribution >= 4 is 17.9 Å². The number of amides is 3. The molecule has 1 aliphatic heterocycles. The van der Waals surface area contributed by atoms with Crippen LogP contribution >= 0.6 is 0 Å². The lowest BCUT2D eigenvalue weighted by atomic mass is 10.0. The molecule has 3 aromatic rings. The highest BCUT2D eigenvalue weighted by molar-refractivity contribution is 6.01. The van der Waals surface area contributed by atoms with Crippen molar-refractivity contribution in [2.24, 2.45) is 0 Å². The third-order valence-corrected chi connectivity index (χ3v) is 5.07. The number of carbonyl (C=O) groups is 3. The molecule has 0 spiro atoms. The number of hydrogen-bond acceptors (Lipinski definition) is 7. The van der Waals surface area contributed by atoms with E-state index >= 15 is 0 Å². The second-order valence-corrected chi connectivity index (χ2v) is 7.70. The Hall–Kier alpha value is -4.01. The summed E-state index contributed by atoms with van der Waals surface area (Å²) in [6.45, 7) is 4.12. The maximum atomic E-state index is 12.4. The predicted octanol–water partition coefficient (Wildman–Crippen LogP) is 3.27. The van der Waals surface area contributed by atoms with E-state index < -0.39 is 12.0 Å². The summed E-state index contributed by atoms with van der Waals surface area (Å²) in [5.41, 5.74) is 2.95. The molecule has 2 heterocycles. The quantitative estimate of drug-likeness (QED) is 0.448. The van der Waals surface area contributed by atoms with E-state index in [1.807, 2.05) is 24.3 Å². The SMILES string of the molecule is CC(C)c1ccc(-c2noc(COC(=O)c3cccc(CN4C(=O)CNC4=O)c3)n2)cc1. The molecule has 1 aliphatic rings. The average Bonchev–Trinajstić information content (AvgIpc) is 3.40. The topological polar surface area (TPSA) is 115 Å². The van der Waals surface area contributed by atoms with Crippen LogP contribution in [0.3, 0.4) is 0 Å². The van der Waals surface area contributed by atoms with Gasteiger partial charge in [0.15, 0.2) is 6.61 Å². The van der Waals surface area contributed by atoms with Gasteiger partial charge in [0.1, 0.15) is 0 Å². The standard InChI is InChI=1S/C23H22N4O5/c1-14(2)16-6-8-17(9-7-16)21-25-19(32-26-21)13-31-22(29)18-5-3-4-15(10-18)12-27-20(28)11-24-23(27)30/h3-10,14H,11-13H2,1-2H3,(H,24,30). The van der Waals surface area contributed by atoms with Crippen molar-refractivity contribution in [1.82, 2.24) is 20.4 Å². The van der Waals surface area contributed by atoms with Crippen LogP contribution < -0.4 is 5.32 Å². The Balaban J connectivity index is 1.37. The maximum absolute atomic E-state index is 12.4. The number of carbonyl (C=O) groups excluding carboxylic acids is 3. The van der Waals surface area contributed by atoms with E-state index in [9.17, 15) is 14.4 Å². The second-order valence-electron chi connectivity index (χ2n) is 7.70. The van der Waals surface area contributed by atoms with Gasteiger partial charge in [-0.05, 0) is 29.2 Å². The van der Waals surface area contributed by atoms with E-state index in [4.69, 9.17) is 9.26 Å². The van der Waals surface area contributed by atoms with Gasteiger partial charge in [0.2, 0.25) is 11.7 Å². The molecule has 0 radical (unpaired) electrons. The summed E-state index contributed by atoms with van der Waals surface area (Å²) in [7, 11) is 0. The van der Waals surface area contributed by atoms with Crippen molar-refractivity contribution in [1.29, 1.82) is 0 Å². The van der Waals surface area contributed by atoms with Gasteiger partial charge in [-0.2, -0.15) is 4.98 Å². The molecule has 2 aromatic carbocycles. The molecule has 164 valence electrons. The first-order valence-electron chi connectivity index (χ1n) is 10.2. The van der Waals surface area contributed by atoms with Crippen molar-refractivity contribution in [3.05, 3.63) is 71.1 Å². The van der Waals surface area contributed by atoms with E-state index in [0.29, 0.717) is 22.9 Å². The Morgan fingerprint density at radius 2 is 1.97 bits per heavy atom. The minimum Gasteiger partial charge on any atom is -0.452 e. The van der Waals surface area contributed by atoms with Gasteiger partial charge in [0, 0.05) is 5.56 Å². The molecule has 1 aromatic heterocycles. The molecule has 3 amide bonds. The zero-order valence-electron chi connectivity index (χ0n) is 17.7. The Morgan fingerprint density at radius 3 is 2.66 bits per heavy atom. The molecular weight excluding hydrogens is 412 g/mol. The molecule has 0 unspecified atom stereocenters. The first-order chi connectivity index (χ1) is 15.4. The molecule has 1 saturated heterocycles. The van der Waals surface area contributed by atoms with Crippen LogP contribution in [0.25, 0.3) is 11.4 Å². The van der Waals surface area contributed by atoms with Crippen LogP contribution in [0.5, 0.6) is 0 Å². The van der Waals surface area contributed by atoms with Crippen LogP contribution in [0, 0.1) is 0 Å². The zero-order chi connectivity index (χ0) is 22.7. The smallest absolute Gasteiger partial charge is 0.338 e. The highest BCUT2D eigenvalue weighted by atomic mass is 16.6. The lowest BCUT2D eigenvalue weighted by Gasteiger charge is -2.12. The van der Waals surface area contributed by atoms with Crippen molar-refractivity contribution in [2.75, 3.05) is 6.54 Å². The van der Waals surface area contributed by atoms with E-state index in [0.717, 1.165) is 10.5 Å². The highest BCUT2D eigenvalue weighted by Gasteiger charge is 2.28. The Morgan fingerprint density at radius 1 is 1.19 bits per heavy atom. The van der Waals surface area contributed by atoms with Gasteiger partial charge in [-0.3, -0.25) is 9.69 Å². The van der Waals surface area contributed by atoms with Crippen LogP contribution in [0.1, 0.15) is 47.1 Å². The number of ether oxygens (including phenoxy) is 1. The first kappa shape index (κ1) is 21.2. The van der Waals surface area contributed by atoms with Gasteiger partial charge in [0.25, 0.3) is 5.89 Å². The second kappa shape index (κ2) is 9.01. The molecule has 1 N–H and O–H groups in total. The number of hydrogen-bond donors (Lipinski definition) is 1. The summed E-state index contributed by atoms with van der Waals surface area (Å²) in [4.78, 5) is 41.3. The van der Waals surface area contributed by atoms with Crippen LogP contribution in [-0.2, 0) is 22.7 Å². The Labute approximate surface area is 184 Å². The van der Waals surface area contributed by atoms with Crippen molar-refractivity contribution in [2.45, 2.75) is 32.9 Å². The largest absolute Gasteiger partial charge is 0.452 e. The fraction of sp³-hybridized carbons (Fsp3) is 0.261. The lowest BCUT2D eigenvalue weighted by Crippen LogP contribution is -2.30. The Bertz CT molecular complexity index is 1140. The summed E-state index contributed by atoms with van der Waals surface area (Å²) in [5.74, 6) is 0.133. The van der Waals surface area contributed by atoms with Gasteiger partial charge in [-0.1, -0.05) is 55.4 Å². The van der Waals surface area contributed by atoms with Crippen molar-refractivity contribution in [3.63, 3.8) is 0 Å². The Kier molecular flexibility index (Phi) is 5.98. The third-order valence-electron chi connectivity index (χ3n) is 5.07. The average molecular weight is 434 g/mol. The van der Waals surface area contributed by atoms with Crippen LogP contribution in [0.15, 0.2) is 53.1 Å². The normalized spacial score (nSPS) is 13.5. The molecule has 32 heavy (non-hydrogen) atoms. The molecule has 9 nitrogen and oxygen atoms in total. The lowest BCUT2D eigenvalue weighted by molar-refractivity contribution is -0.125. The number of aromatic nitrogens is 2. The van der Waals surface area contributed by atoms with Gasteiger partial charge in [-0.15, -0.1) is 0 Å². The summed E-state index contributed by atoms with van der Waals surface area (Å²) in [6, 6.07) is 14.0. The molecule has 0 atom stereocenters. The molecule has 9 heteroatoms. The van der Waals surface area contributed by atoms with Crippen molar-refractivity contribution in [3.8, 4) is 11.4 Å². The number of imide groups is 1. The predicted molar refractivity (Wildman–Crippen MR) is 113 cm³/mol. The first-order valence-corrected chi connectivity index (χ1v) is 10.2. The minimum atomic E-state index is -0.579. The van der Waals surface area contributed by atoms with E-state index in [1.54, 1.807) is 24.3 Å². The monoisotopic (exact) mass is 434 g/mol.